The highest BCUT2D eigenvalue weighted by atomic mass is 16.2. The fourth-order valence-corrected chi connectivity index (χ4v) is 2.95. The van der Waals surface area contributed by atoms with Crippen LogP contribution < -0.4 is 5.56 Å². The second kappa shape index (κ2) is 4.55. The summed E-state index contributed by atoms with van der Waals surface area (Å²) in [7, 11) is 0. The first-order valence-corrected chi connectivity index (χ1v) is 6.60. The van der Waals surface area contributed by atoms with Gasteiger partial charge in [-0.15, -0.1) is 0 Å². The van der Waals surface area contributed by atoms with E-state index < -0.39 is 0 Å². The molecule has 96 valence electrons. The van der Waals surface area contributed by atoms with Crippen LogP contribution in [0.25, 0.3) is 0 Å². The highest BCUT2D eigenvalue weighted by Gasteiger charge is 2.30. The van der Waals surface area contributed by atoms with E-state index in [1.807, 2.05) is 4.90 Å². The van der Waals surface area contributed by atoms with Crippen molar-refractivity contribution in [2.45, 2.75) is 32.1 Å². The topological polar surface area (TPSA) is 66.1 Å². The molecule has 0 spiro atoms. The molecule has 1 saturated heterocycles. The van der Waals surface area contributed by atoms with Crippen molar-refractivity contribution in [3.05, 3.63) is 27.7 Å². The molecule has 5 heteroatoms. The summed E-state index contributed by atoms with van der Waals surface area (Å²) >= 11 is 0. The van der Waals surface area contributed by atoms with Crippen LogP contribution in [0.1, 0.15) is 30.5 Å². The van der Waals surface area contributed by atoms with Gasteiger partial charge in [0.15, 0.2) is 0 Å². The minimum absolute atomic E-state index is 0.0409. The second-order valence-electron chi connectivity index (χ2n) is 5.18. The summed E-state index contributed by atoms with van der Waals surface area (Å²) in [4.78, 5) is 25.5. The highest BCUT2D eigenvalue weighted by Crippen LogP contribution is 2.25. The number of H-pyrrole nitrogens is 1. The zero-order valence-corrected chi connectivity index (χ0v) is 10.3. The Labute approximate surface area is 105 Å². The van der Waals surface area contributed by atoms with Crippen molar-refractivity contribution in [2.24, 2.45) is 5.92 Å². The average molecular weight is 247 g/mol. The predicted octanol–water partition coefficient (Wildman–Crippen LogP) is 0.497. The molecule has 1 amide bonds. The number of aromatic amines is 1. The lowest BCUT2D eigenvalue weighted by molar-refractivity contribution is -0.134. The van der Waals surface area contributed by atoms with Gasteiger partial charge in [-0.05, 0) is 37.7 Å². The number of carbonyl (C=O) groups is 1. The lowest BCUT2D eigenvalue weighted by atomic mass is 9.86. The molecule has 2 heterocycles. The first kappa shape index (κ1) is 11.4. The van der Waals surface area contributed by atoms with Crippen LogP contribution >= 0.6 is 0 Å². The molecule has 0 saturated carbocycles. The van der Waals surface area contributed by atoms with E-state index in [9.17, 15) is 9.59 Å². The quantitative estimate of drug-likeness (QED) is 0.785. The molecule has 0 radical (unpaired) electrons. The Bertz CT molecular complexity index is 517. The Balaban J connectivity index is 1.77. The van der Waals surface area contributed by atoms with Crippen molar-refractivity contribution in [1.29, 1.82) is 0 Å². The molecule has 2 aliphatic rings. The largest absolute Gasteiger partial charge is 0.342 e. The molecular formula is C13H17N3O2. The molecule has 1 fully saturated rings. The number of aromatic nitrogens is 2. The Morgan fingerprint density at radius 3 is 2.94 bits per heavy atom. The second-order valence-corrected chi connectivity index (χ2v) is 5.18. The van der Waals surface area contributed by atoms with Gasteiger partial charge < -0.3 is 4.90 Å². The van der Waals surface area contributed by atoms with Crippen LogP contribution in [0.3, 0.4) is 0 Å². The molecule has 5 nitrogen and oxygen atoms in total. The van der Waals surface area contributed by atoms with E-state index in [0.717, 1.165) is 50.0 Å². The standard InChI is InChI=1S/C13H17N3O2/c17-12-8-10-7-9(3-4-11(10)14-15-12)13(18)16-5-1-2-6-16/h8-9H,1-7H2,(H,15,17)/t9-/m0/s1. The van der Waals surface area contributed by atoms with Crippen LogP contribution in [0.4, 0.5) is 0 Å². The molecule has 1 aliphatic carbocycles. The number of fused-ring (bicyclic) bond motifs is 1. The molecule has 0 unspecified atom stereocenters. The zero-order valence-electron chi connectivity index (χ0n) is 10.3. The van der Waals surface area contributed by atoms with Crippen molar-refractivity contribution in [2.75, 3.05) is 13.1 Å². The molecule has 1 N–H and O–H groups in total. The van der Waals surface area contributed by atoms with Gasteiger partial charge in [0.05, 0.1) is 5.69 Å². The van der Waals surface area contributed by atoms with Crippen molar-refractivity contribution in [3.63, 3.8) is 0 Å². The van der Waals surface area contributed by atoms with E-state index in [1.54, 1.807) is 6.07 Å². The molecule has 18 heavy (non-hydrogen) atoms. The Morgan fingerprint density at radius 1 is 1.39 bits per heavy atom. The number of amides is 1. The molecule has 0 bridgehead atoms. The van der Waals surface area contributed by atoms with E-state index in [-0.39, 0.29) is 17.4 Å². The highest BCUT2D eigenvalue weighted by molar-refractivity contribution is 5.79. The average Bonchev–Trinajstić information content (AvgIpc) is 2.90. The number of nitrogens with one attached hydrogen (secondary N) is 1. The van der Waals surface area contributed by atoms with E-state index in [1.165, 1.54) is 0 Å². The summed E-state index contributed by atoms with van der Waals surface area (Å²) in [5.74, 6) is 0.303. The molecule has 0 aromatic carbocycles. The fraction of sp³-hybridized carbons (Fsp3) is 0.615. The maximum atomic E-state index is 12.3. The number of nitrogens with zero attached hydrogens (tertiary/aromatic N) is 2. The minimum Gasteiger partial charge on any atom is -0.342 e. The van der Waals surface area contributed by atoms with Gasteiger partial charge in [-0.1, -0.05) is 0 Å². The fourth-order valence-electron chi connectivity index (χ4n) is 2.95. The van der Waals surface area contributed by atoms with Crippen LogP contribution in [0.2, 0.25) is 0 Å². The monoisotopic (exact) mass is 247 g/mol. The summed E-state index contributed by atoms with van der Waals surface area (Å²) < 4.78 is 0. The van der Waals surface area contributed by atoms with Crippen LogP contribution in [-0.2, 0) is 17.6 Å². The van der Waals surface area contributed by atoms with Crippen molar-refractivity contribution >= 4 is 5.91 Å². The number of aryl methyl sites for hydroxylation is 1. The van der Waals surface area contributed by atoms with Crippen molar-refractivity contribution in [1.82, 2.24) is 15.1 Å². The first-order valence-electron chi connectivity index (χ1n) is 6.60. The maximum absolute atomic E-state index is 12.3. The van der Waals surface area contributed by atoms with Crippen LogP contribution in [0, 0.1) is 5.92 Å². The summed E-state index contributed by atoms with van der Waals surface area (Å²) in [6.45, 7) is 1.80. The van der Waals surface area contributed by atoms with Gasteiger partial charge in [-0.25, -0.2) is 5.10 Å². The van der Waals surface area contributed by atoms with Crippen molar-refractivity contribution < 1.29 is 4.79 Å². The molecular weight excluding hydrogens is 230 g/mol. The van der Waals surface area contributed by atoms with E-state index in [2.05, 4.69) is 10.2 Å². The third-order valence-corrected chi connectivity index (χ3v) is 3.94. The SMILES string of the molecule is O=C([C@H]1CCc2n[nH]c(=O)cc2C1)N1CCCC1. The Morgan fingerprint density at radius 2 is 2.17 bits per heavy atom. The number of rotatable bonds is 1. The molecule has 1 atom stereocenters. The third kappa shape index (κ3) is 2.05. The molecule has 3 rings (SSSR count). The third-order valence-electron chi connectivity index (χ3n) is 3.94. The van der Waals surface area contributed by atoms with Gasteiger partial charge in [0.2, 0.25) is 5.91 Å². The number of hydrogen-bond donors (Lipinski definition) is 1. The van der Waals surface area contributed by atoms with Crippen LogP contribution in [-0.4, -0.2) is 34.1 Å². The predicted molar refractivity (Wildman–Crippen MR) is 66.2 cm³/mol. The van der Waals surface area contributed by atoms with E-state index >= 15 is 0 Å². The number of hydrogen-bond acceptors (Lipinski definition) is 3. The van der Waals surface area contributed by atoms with Crippen LogP contribution in [0.15, 0.2) is 10.9 Å². The van der Waals surface area contributed by atoms with Crippen molar-refractivity contribution in [3.8, 4) is 0 Å². The molecule has 1 aromatic rings. The number of carbonyl (C=O) groups excluding carboxylic acids is 1. The first-order chi connectivity index (χ1) is 8.74. The summed E-state index contributed by atoms with van der Waals surface area (Å²) in [5, 5.41) is 6.51. The van der Waals surface area contributed by atoms with Gasteiger partial charge >= 0.3 is 0 Å². The molecule has 1 aliphatic heterocycles. The van der Waals surface area contributed by atoms with E-state index in [4.69, 9.17) is 0 Å². The minimum atomic E-state index is -0.178. The lowest BCUT2D eigenvalue weighted by Gasteiger charge is -2.26. The summed E-state index contributed by atoms with van der Waals surface area (Å²) in [5.41, 5.74) is 1.71. The molecule has 1 aromatic heterocycles. The van der Waals surface area contributed by atoms with Gasteiger partial charge in [0, 0.05) is 25.1 Å². The normalized spacial score (nSPS) is 22.9. The van der Waals surface area contributed by atoms with Gasteiger partial charge in [-0.2, -0.15) is 5.10 Å². The lowest BCUT2D eigenvalue weighted by Crippen LogP contribution is -2.37. The number of likely N-dealkylation sites (tertiary alicyclic amines) is 1. The Hall–Kier alpha value is -1.65. The van der Waals surface area contributed by atoms with Gasteiger partial charge in [0.25, 0.3) is 5.56 Å². The Kier molecular flexibility index (Phi) is 2.89. The summed E-state index contributed by atoms with van der Waals surface area (Å²) in [6.07, 6.45) is 4.55. The zero-order chi connectivity index (χ0) is 12.5. The smallest absolute Gasteiger partial charge is 0.264 e. The van der Waals surface area contributed by atoms with Crippen LogP contribution in [0.5, 0.6) is 0 Å². The maximum Gasteiger partial charge on any atom is 0.264 e. The van der Waals surface area contributed by atoms with E-state index in [0.29, 0.717) is 6.42 Å². The van der Waals surface area contributed by atoms with Gasteiger partial charge in [0.1, 0.15) is 0 Å². The van der Waals surface area contributed by atoms with Gasteiger partial charge in [-0.3, -0.25) is 9.59 Å². The summed E-state index contributed by atoms with van der Waals surface area (Å²) in [6, 6.07) is 1.59.